The zero-order valence-corrected chi connectivity index (χ0v) is 11.4. The van der Waals surface area contributed by atoms with Gasteiger partial charge in [-0.15, -0.1) is 0 Å². The summed E-state index contributed by atoms with van der Waals surface area (Å²) in [6.45, 7) is 1.26. The molecular formula is C13H17N3O5. The molecule has 0 bridgehead atoms. The maximum absolute atomic E-state index is 12.5. The van der Waals surface area contributed by atoms with Crippen LogP contribution in [0.25, 0.3) is 0 Å². The Morgan fingerprint density at radius 2 is 2.24 bits per heavy atom. The van der Waals surface area contributed by atoms with Crippen molar-refractivity contribution in [1.82, 2.24) is 15.1 Å². The molecule has 1 aromatic heterocycles. The van der Waals surface area contributed by atoms with Gasteiger partial charge in [0.15, 0.2) is 5.69 Å². The molecule has 3 heterocycles. The Balaban J connectivity index is 1.75. The van der Waals surface area contributed by atoms with Crippen molar-refractivity contribution < 1.29 is 24.5 Å². The summed E-state index contributed by atoms with van der Waals surface area (Å²) in [6, 6.07) is 0. The quantitative estimate of drug-likeness (QED) is 0.670. The minimum absolute atomic E-state index is 0.0122. The molecule has 1 fully saturated rings. The minimum atomic E-state index is -1.05. The van der Waals surface area contributed by atoms with E-state index < -0.39 is 18.0 Å². The van der Waals surface area contributed by atoms with E-state index in [4.69, 9.17) is 9.84 Å². The third kappa shape index (κ3) is 2.52. The van der Waals surface area contributed by atoms with E-state index in [1.54, 1.807) is 0 Å². The molecule has 1 saturated heterocycles. The van der Waals surface area contributed by atoms with Gasteiger partial charge < -0.3 is 19.8 Å². The number of carboxylic acids is 1. The first-order chi connectivity index (χ1) is 10.1. The smallest absolute Gasteiger partial charge is 0.309 e. The van der Waals surface area contributed by atoms with Crippen LogP contribution in [0.1, 0.15) is 28.2 Å². The molecule has 2 aliphatic heterocycles. The lowest BCUT2D eigenvalue weighted by Gasteiger charge is -2.33. The van der Waals surface area contributed by atoms with Gasteiger partial charge in [0, 0.05) is 30.8 Å². The lowest BCUT2D eigenvalue weighted by Crippen LogP contribution is -2.49. The molecule has 8 heteroatoms. The zero-order chi connectivity index (χ0) is 15.0. The molecule has 3 N–H and O–H groups in total. The Bertz CT molecular complexity index is 570. The number of H-pyrrole nitrogens is 1. The van der Waals surface area contributed by atoms with Crippen molar-refractivity contribution in [2.75, 3.05) is 19.7 Å². The fraction of sp³-hybridized carbons (Fsp3) is 0.615. The highest BCUT2D eigenvalue weighted by Gasteiger charge is 2.36. The first-order valence-electron chi connectivity index (χ1n) is 6.92. The van der Waals surface area contributed by atoms with Crippen LogP contribution in [0.3, 0.4) is 0 Å². The number of amides is 1. The van der Waals surface area contributed by atoms with Gasteiger partial charge >= 0.3 is 5.97 Å². The van der Waals surface area contributed by atoms with Crippen molar-refractivity contribution >= 4 is 11.9 Å². The number of nitrogens with one attached hydrogen (secondary N) is 1. The molecule has 0 aromatic carbocycles. The molecule has 3 rings (SSSR count). The van der Waals surface area contributed by atoms with Crippen LogP contribution in [0.5, 0.6) is 0 Å². The van der Waals surface area contributed by atoms with E-state index in [-0.39, 0.29) is 18.9 Å². The largest absolute Gasteiger partial charge is 0.481 e. The van der Waals surface area contributed by atoms with Crippen LogP contribution in [0.2, 0.25) is 0 Å². The number of nitrogens with zero attached hydrogens (tertiary/aromatic N) is 2. The van der Waals surface area contributed by atoms with Gasteiger partial charge in [0.1, 0.15) is 0 Å². The van der Waals surface area contributed by atoms with E-state index in [0.29, 0.717) is 31.9 Å². The number of fused-ring (bicyclic) bond motifs is 1. The fourth-order valence-corrected chi connectivity index (χ4v) is 2.84. The summed E-state index contributed by atoms with van der Waals surface area (Å²) in [4.78, 5) is 24.9. The highest BCUT2D eigenvalue weighted by atomic mass is 16.5. The van der Waals surface area contributed by atoms with Gasteiger partial charge in [-0.25, -0.2) is 0 Å². The van der Waals surface area contributed by atoms with Crippen LogP contribution in [-0.2, 0) is 22.6 Å². The summed E-state index contributed by atoms with van der Waals surface area (Å²) in [5.41, 5.74) is 1.98. The van der Waals surface area contributed by atoms with Crippen molar-refractivity contribution in [3.05, 3.63) is 17.0 Å². The van der Waals surface area contributed by atoms with Crippen LogP contribution in [0.15, 0.2) is 0 Å². The number of aliphatic hydroxyl groups excluding tert-OH is 1. The highest BCUT2D eigenvalue weighted by molar-refractivity contribution is 5.94. The number of carbonyl (C=O) groups is 2. The van der Waals surface area contributed by atoms with Crippen LogP contribution in [0.4, 0.5) is 0 Å². The van der Waals surface area contributed by atoms with Gasteiger partial charge in [-0.05, 0) is 6.42 Å². The summed E-state index contributed by atoms with van der Waals surface area (Å²) < 4.78 is 5.34. The van der Waals surface area contributed by atoms with Crippen molar-refractivity contribution in [3.8, 4) is 0 Å². The summed E-state index contributed by atoms with van der Waals surface area (Å²) in [5.74, 6) is -2.13. The Labute approximate surface area is 120 Å². The van der Waals surface area contributed by atoms with E-state index in [2.05, 4.69) is 10.2 Å². The molecule has 0 radical (unpaired) electrons. The molecular weight excluding hydrogens is 278 g/mol. The van der Waals surface area contributed by atoms with Gasteiger partial charge in [-0.1, -0.05) is 0 Å². The Morgan fingerprint density at radius 3 is 2.95 bits per heavy atom. The number of aromatic amines is 1. The number of rotatable bonds is 2. The number of aliphatic carboxylic acids is 1. The number of β-amino-alcohol motifs (C(OH)–C–C–N with tert-alkyl or cyclic N) is 1. The lowest BCUT2D eigenvalue weighted by molar-refractivity contribution is -0.148. The lowest BCUT2D eigenvalue weighted by atomic mass is 9.93. The first-order valence-corrected chi connectivity index (χ1v) is 6.92. The Morgan fingerprint density at radius 1 is 1.43 bits per heavy atom. The standard InChI is InChI=1S/C13H17N3O5/c17-10-5-16(3-1-7(10)13(19)20)12(18)11-8-6-21-4-2-9(8)14-15-11/h7,10,17H,1-6H2,(H,14,15)(H,19,20)/t7-,10+/m0/s1. The molecule has 0 aliphatic carbocycles. The number of likely N-dealkylation sites (tertiary alicyclic amines) is 1. The summed E-state index contributed by atoms with van der Waals surface area (Å²) in [6.07, 6.45) is -0.115. The molecule has 0 saturated carbocycles. The molecule has 1 aromatic rings. The number of carbonyl (C=O) groups excluding carboxylic acids is 1. The zero-order valence-electron chi connectivity index (χ0n) is 11.4. The van der Waals surface area contributed by atoms with Gasteiger partial charge in [-0.3, -0.25) is 14.7 Å². The number of hydrogen-bond donors (Lipinski definition) is 3. The van der Waals surface area contributed by atoms with Crippen molar-refractivity contribution in [3.63, 3.8) is 0 Å². The van der Waals surface area contributed by atoms with Gasteiger partial charge in [0.05, 0.1) is 25.2 Å². The predicted molar refractivity (Wildman–Crippen MR) is 69.6 cm³/mol. The third-order valence-electron chi connectivity index (χ3n) is 4.08. The molecule has 1 amide bonds. The fourth-order valence-electron chi connectivity index (χ4n) is 2.84. The molecule has 2 atom stereocenters. The Hall–Kier alpha value is -1.93. The predicted octanol–water partition coefficient (Wildman–Crippen LogP) is -0.610. The number of aliphatic hydroxyl groups is 1. The van der Waals surface area contributed by atoms with Crippen LogP contribution in [-0.4, -0.2) is 63.0 Å². The molecule has 2 aliphatic rings. The van der Waals surface area contributed by atoms with E-state index in [0.717, 1.165) is 11.3 Å². The molecule has 114 valence electrons. The molecule has 21 heavy (non-hydrogen) atoms. The number of carboxylic acid groups (broad SMARTS) is 1. The second kappa shape index (κ2) is 5.45. The summed E-state index contributed by atoms with van der Waals surface area (Å²) >= 11 is 0. The van der Waals surface area contributed by atoms with E-state index in [1.165, 1.54) is 4.90 Å². The third-order valence-corrected chi connectivity index (χ3v) is 4.08. The van der Waals surface area contributed by atoms with E-state index >= 15 is 0 Å². The van der Waals surface area contributed by atoms with Crippen molar-refractivity contribution in [2.45, 2.75) is 25.6 Å². The van der Waals surface area contributed by atoms with Crippen LogP contribution in [0, 0.1) is 5.92 Å². The molecule has 8 nitrogen and oxygen atoms in total. The average Bonchev–Trinajstić information content (AvgIpc) is 2.90. The van der Waals surface area contributed by atoms with Crippen molar-refractivity contribution in [1.29, 1.82) is 0 Å². The topological polar surface area (TPSA) is 116 Å². The van der Waals surface area contributed by atoms with Crippen LogP contribution >= 0.6 is 0 Å². The Kier molecular flexibility index (Phi) is 3.64. The number of piperidine rings is 1. The first kappa shape index (κ1) is 14.0. The number of aromatic nitrogens is 2. The number of ether oxygens (including phenoxy) is 1. The second-order valence-electron chi connectivity index (χ2n) is 5.38. The van der Waals surface area contributed by atoms with Gasteiger partial charge in [0.2, 0.25) is 0 Å². The SMILES string of the molecule is O=C(O)[C@H]1CCN(C(=O)c2n[nH]c3c2COCC3)C[C@H]1O. The molecule has 0 unspecified atom stereocenters. The van der Waals surface area contributed by atoms with Crippen molar-refractivity contribution in [2.24, 2.45) is 5.92 Å². The summed E-state index contributed by atoms with van der Waals surface area (Å²) in [7, 11) is 0. The van der Waals surface area contributed by atoms with E-state index in [1.807, 2.05) is 0 Å². The molecule has 0 spiro atoms. The average molecular weight is 295 g/mol. The second-order valence-corrected chi connectivity index (χ2v) is 5.38. The van der Waals surface area contributed by atoms with Gasteiger partial charge in [-0.2, -0.15) is 5.10 Å². The maximum Gasteiger partial charge on any atom is 0.309 e. The highest BCUT2D eigenvalue weighted by Crippen LogP contribution is 2.23. The van der Waals surface area contributed by atoms with Gasteiger partial charge in [0.25, 0.3) is 5.91 Å². The number of hydrogen-bond acceptors (Lipinski definition) is 5. The minimum Gasteiger partial charge on any atom is -0.481 e. The van der Waals surface area contributed by atoms with E-state index in [9.17, 15) is 14.7 Å². The summed E-state index contributed by atoms with van der Waals surface area (Å²) in [5, 5.41) is 25.8. The van der Waals surface area contributed by atoms with Crippen LogP contribution < -0.4 is 0 Å². The normalized spacial score (nSPS) is 25.5. The maximum atomic E-state index is 12.5. The monoisotopic (exact) mass is 295 g/mol.